The average molecular weight is 434 g/mol. The molecule has 2 aromatic rings. The molecule has 0 aromatic carbocycles. The van der Waals surface area contributed by atoms with E-state index in [0.29, 0.717) is 38.3 Å². The van der Waals surface area contributed by atoms with Crippen molar-refractivity contribution in [1.29, 1.82) is 0 Å². The maximum Gasteiger partial charge on any atom is 0.273 e. The van der Waals surface area contributed by atoms with Crippen molar-refractivity contribution >= 4 is 34.5 Å². The van der Waals surface area contributed by atoms with Crippen LogP contribution in [-0.2, 0) is 9.53 Å². The zero-order valence-electron chi connectivity index (χ0n) is 16.1. The summed E-state index contributed by atoms with van der Waals surface area (Å²) in [7, 11) is 0. The number of aliphatic hydroxyl groups is 1. The number of rotatable bonds is 4. The molecule has 29 heavy (non-hydrogen) atoms. The van der Waals surface area contributed by atoms with Gasteiger partial charge in [-0.1, -0.05) is 13.0 Å². The molecule has 2 bridgehead atoms. The number of aliphatic hydroxyl groups excluding tert-OH is 1. The molecule has 0 unspecified atom stereocenters. The summed E-state index contributed by atoms with van der Waals surface area (Å²) in [6, 6.07) is 3.97. The second-order valence-corrected chi connectivity index (χ2v) is 9.81. The molecular formula is C20H23N3O4S2. The highest BCUT2D eigenvalue weighted by atomic mass is 32.1. The summed E-state index contributed by atoms with van der Waals surface area (Å²) in [5.74, 6) is -0.00835. The first kappa shape index (κ1) is 19.2. The van der Waals surface area contributed by atoms with E-state index in [9.17, 15) is 14.7 Å². The number of aromatic nitrogens is 1. The normalized spacial score (nSPS) is 30.6. The Morgan fingerprint density at radius 1 is 1.31 bits per heavy atom. The first-order valence-electron chi connectivity index (χ1n) is 9.90. The van der Waals surface area contributed by atoms with E-state index in [1.165, 1.54) is 11.3 Å². The van der Waals surface area contributed by atoms with Crippen LogP contribution in [0, 0.1) is 11.8 Å². The van der Waals surface area contributed by atoms with Crippen molar-refractivity contribution < 1.29 is 19.4 Å². The van der Waals surface area contributed by atoms with E-state index in [1.807, 2.05) is 39.6 Å². The molecule has 3 saturated heterocycles. The minimum atomic E-state index is -0.580. The SMILES string of the molecule is CCC(=O)N1C[C@@H]2[C@H](CO)[C@H]3CN(C(=O)c4csc(-c5cccs5)n4)C[C@]2(C1)O3. The van der Waals surface area contributed by atoms with Crippen molar-refractivity contribution in [3.05, 3.63) is 28.6 Å². The van der Waals surface area contributed by atoms with E-state index in [0.717, 1.165) is 9.88 Å². The molecule has 2 amide bonds. The number of morpholine rings is 1. The Hall–Kier alpha value is -1.81. The fraction of sp³-hybridized carbons (Fsp3) is 0.550. The summed E-state index contributed by atoms with van der Waals surface area (Å²) in [6.45, 7) is 3.82. The van der Waals surface area contributed by atoms with E-state index in [-0.39, 0.29) is 36.4 Å². The van der Waals surface area contributed by atoms with Crippen LogP contribution in [0.25, 0.3) is 9.88 Å². The molecule has 5 rings (SSSR count). The summed E-state index contributed by atoms with van der Waals surface area (Å²) in [5, 5.41) is 14.7. The minimum Gasteiger partial charge on any atom is -0.396 e. The number of carbonyl (C=O) groups excluding carboxylic acids is 2. The number of amides is 2. The van der Waals surface area contributed by atoms with Gasteiger partial charge >= 0.3 is 0 Å². The highest BCUT2D eigenvalue weighted by Crippen LogP contribution is 2.49. The lowest BCUT2D eigenvalue weighted by molar-refractivity contribution is -0.136. The molecule has 154 valence electrons. The highest BCUT2D eigenvalue weighted by Gasteiger charge is 2.63. The Labute approximate surface area is 176 Å². The second-order valence-electron chi connectivity index (χ2n) is 8.00. The zero-order valence-corrected chi connectivity index (χ0v) is 17.7. The standard InChI is InChI=1S/C20H23N3O4S2/c1-2-17(25)22-6-13-12(8-24)15-7-23(11-20(13,10-22)27-15)19(26)14-9-29-18(21-14)16-4-3-5-28-16/h3-5,9,12-13,15,24H,2,6-8,10-11H2,1H3/t12-,13+,15+,20-/m0/s1. The third-order valence-corrected chi connectivity index (χ3v) is 8.28. The third kappa shape index (κ3) is 3.02. The van der Waals surface area contributed by atoms with Gasteiger partial charge in [0.2, 0.25) is 5.91 Å². The Morgan fingerprint density at radius 2 is 2.14 bits per heavy atom. The van der Waals surface area contributed by atoms with Crippen molar-refractivity contribution in [2.45, 2.75) is 25.0 Å². The van der Waals surface area contributed by atoms with Gasteiger partial charge in [-0.05, 0) is 11.4 Å². The monoisotopic (exact) mass is 433 g/mol. The molecule has 3 aliphatic rings. The van der Waals surface area contributed by atoms with Gasteiger partial charge in [0.05, 0.1) is 24.1 Å². The predicted octanol–water partition coefficient (Wildman–Crippen LogP) is 1.94. The van der Waals surface area contributed by atoms with E-state index in [4.69, 9.17) is 4.74 Å². The Morgan fingerprint density at radius 3 is 2.86 bits per heavy atom. The van der Waals surface area contributed by atoms with Crippen LogP contribution in [0.15, 0.2) is 22.9 Å². The van der Waals surface area contributed by atoms with Crippen molar-refractivity contribution in [2.24, 2.45) is 11.8 Å². The maximum atomic E-state index is 13.2. The number of thiazole rings is 1. The maximum absolute atomic E-state index is 13.2. The van der Waals surface area contributed by atoms with Gasteiger partial charge in [-0.15, -0.1) is 22.7 Å². The van der Waals surface area contributed by atoms with Gasteiger partial charge in [0, 0.05) is 43.3 Å². The van der Waals surface area contributed by atoms with E-state index < -0.39 is 5.60 Å². The molecule has 9 heteroatoms. The number of carbonyl (C=O) groups is 2. The van der Waals surface area contributed by atoms with Gasteiger partial charge in [0.25, 0.3) is 5.91 Å². The molecular weight excluding hydrogens is 410 g/mol. The number of nitrogens with zero attached hydrogens (tertiary/aromatic N) is 3. The number of fused-ring (bicyclic) bond motifs is 1. The van der Waals surface area contributed by atoms with Crippen LogP contribution in [0.1, 0.15) is 23.8 Å². The topological polar surface area (TPSA) is 83.0 Å². The van der Waals surface area contributed by atoms with Gasteiger partial charge < -0.3 is 19.6 Å². The lowest BCUT2D eigenvalue weighted by atomic mass is 9.83. The molecule has 0 radical (unpaired) electrons. The average Bonchev–Trinajstić information content (AvgIpc) is 3.49. The lowest BCUT2D eigenvalue weighted by Crippen LogP contribution is -2.56. The summed E-state index contributed by atoms with van der Waals surface area (Å²) in [5.41, 5.74) is -0.128. The van der Waals surface area contributed by atoms with E-state index in [1.54, 1.807) is 11.3 Å². The molecule has 2 aromatic heterocycles. The Balaban J connectivity index is 1.39. The van der Waals surface area contributed by atoms with Crippen molar-refractivity contribution in [1.82, 2.24) is 14.8 Å². The van der Waals surface area contributed by atoms with Gasteiger partial charge in [0.15, 0.2) is 0 Å². The van der Waals surface area contributed by atoms with Gasteiger partial charge in [-0.3, -0.25) is 9.59 Å². The summed E-state index contributed by atoms with van der Waals surface area (Å²) in [4.78, 5) is 34.8. The molecule has 5 heterocycles. The molecule has 7 nitrogen and oxygen atoms in total. The Kier molecular flexibility index (Phi) is 4.73. The molecule has 3 aliphatic heterocycles. The number of hydrogen-bond acceptors (Lipinski definition) is 7. The molecule has 3 fully saturated rings. The summed E-state index contributed by atoms with van der Waals surface area (Å²) < 4.78 is 6.35. The van der Waals surface area contributed by atoms with Crippen LogP contribution in [0.2, 0.25) is 0 Å². The van der Waals surface area contributed by atoms with Gasteiger partial charge in [0.1, 0.15) is 16.3 Å². The third-order valence-electron chi connectivity index (χ3n) is 6.40. The van der Waals surface area contributed by atoms with Gasteiger partial charge in [-0.2, -0.15) is 0 Å². The fourth-order valence-electron chi connectivity index (χ4n) is 5.05. The van der Waals surface area contributed by atoms with Crippen LogP contribution < -0.4 is 0 Å². The first-order valence-corrected chi connectivity index (χ1v) is 11.7. The number of thiophene rings is 1. The summed E-state index contributed by atoms with van der Waals surface area (Å²) >= 11 is 3.08. The minimum absolute atomic E-state index is 0.00644. The van der Waals surface area contributed by atoms with Crippen LogP contribution >= 0.6 is 22.7 Å². The zero-order chi connectivity index (χ0) is 20.2. The summed E-state index contributed by atoms with van der Waals surface area (Å²) in [6.07, 6.45) is 0.250. The second kappa shape index (κ2) is 7.16. The quantitative estimate of drug-likeness (QED) is 0.797. The number of hydrogen-bond donors (Lipinski definition) is 1. The highest BCUT2D eigenvalue weighted by molar-refractivity contribution is 7.20. The van der Waals surface area contributed by atoms with Crippen LogP contribution in [0.5, 0.6) is 0 Å². The predicted molar refractivity (Wildman–Crippen MR) is 110 cm³/mol. The van der Waals surface area contributed by atoms with Crippen LogP contribution in [0.4, 0.5) is 0 Å². The molecule has 0 saturated carbocycles. The number of ether oxygens (including phenoxy) is 1. The fourth-order valence-corrected chi connectivity index (χ4v) is 6.66. The van der Waals surface area contributed by atoms with Crippen molar-refractivity contribution in [2.75, 3.05) is 32.8 Å². The largest absolute Gasteiger partial charge is 0.396 e. The molecule has 1 N–H and O–H groups in total. The van der Waals surface area contributed by atoms with Crippen LogP contribution in [-0.4, -0.2) is 76.2 Å². The molecule has 0 aliphatic carbocycles. The molecule has 1 spiro atoms. The lowest BCUT2D eigenvalue weighted by Gasteiger charge is -2.40. The van der Waals surface area contributed by atoms with Gasteiger partial charge in [-0.25, -0.2) is 4.98 Å². The van der Waals surface area contributed by atoms with Crippen LogP contribution in [0.3, 0.4) is 0 Å². The van der Waals surface area contributed by atoms with E-state index in [2.05, 4.69) is 4.98 Å². The molecule has 4 atom stereocenters. The Bertz CT molecular complexity index is 930. The van der Waals surface area contributed by atoms with E-state index >= 15 is 0 Å². The first-order chi connectivity index (χ1) is 14.0. The van der Waals surface area contributed by atoms with Crippen molar-refractivity contribution in [3.63, 3.8) is 0 Å². The van der Waals surface area contributed by atoms with Crippen molar-refractivity contribution in [3.8, 4) is 9.88 Å². The smallest absolute Gasteiger partial charge is 0.273 e. The number of likely N-dealkylation sites (tertiary alicyclic amines) is 2.